The largest absolute Gasteiger partial charge is 0.494 e. The van der Waals surface area contributed by atoms with Crippen molar-refractivity contribution in [2.75, 3.05) is 6.61 Å². The zero-order valence-corrected chi connectivity index (χ0v) is 12.3. The molecule has 2 heteroatoms. The zero-order chi connectivity index (χ0) is 14.2. The van der Waals surface area contributed by atoms with Gasteiger partial charge in [0, 0.05) is 12.6 Å². The molecule has 0 aromatic heterocycles. The van der Waals surface area contributed by atoms with Gasteiger partial charge in [0.25, 0.3) is 0 Å². The summed E-state index contributed by atoms with van der Waals surface area (Å²) in [5.74, 6) is 0.951. The Kier molecular flexibility index (Phi) is 5.63. The van der Waals surface area contributed by atoms with Gasteiger partial charge in [-0.2, -0.15) is 0 Å². The first kappa shape index (κ1) is 14.6. The van der Waals surface area contributed by atoms with Crippen molar-refractivity contribution in [3.05, 3.63) is 65.7 Å². The molecule has 2 aromatic carbocycles. The highest BCUT2D eigenvalue weighted by Crippen LogP contribution is 2.15. The first-order valence-electron chi connectivity index (χ1n) is 7.29. The molecular formula is C18H23NO. The van der Waals surface area contributed by atoms with Crippen LogP contribution in [0.3, 0.4) is 0 Å². The minimum absolute atomic E-state index is 0.354. The van der Waals surface area contributed by atoms with Gasteiger partial charge in [-0.1, -0.05) is 49.4 Å². The lowest BCUT2D eigenvalue weighted by molar-refractivity contribution is 0.317. The van der Waals surface area contributed by atoms with Crippen LogP contribution in [0.4, 0.5) is 0 Å². The van der Waals surface area contributed by atoms with Crippen molar-refractivity contribution >= 4 is 0 Å². The van der Waals surface area contributed by atoms with Crippen molar-refractivity contribution in [1.82, 2.24) is 5.32 Å². The van der Waals surface area contributed by atoms with Crippen molar-refractivity contribution in [3.8, 4) is 5.75 Å². The molecule has 0 aliphatic carbocycles. The molecule has 1 atom stereocenters. The van der Waals surface area contributed by atoms with Gasteiger partial charge in [-0.25, -0.2) is 0 Å². The van der Waals surface area contributed by atoms with Crippen LogP contribution in [0.1, 0.15) is 37.4 Å². The summed E-state index contributed by atoms with van der Waals surface area (Å²) in [4.78, 5) is 0. The highest BCUT2D eigenvalue weighted by molar-refractivity contribution is 5.27. The summed E-state index contributed by atoms with van der Waals surface area (Å²) in [5, 5.41) is 3.54. The average molecular weight is 269 g/mol. The lowest BCUT2D eigenvalue weighted by atomic mass is 10.1. The molecule has 0 saturated heterocycles. The van der Waals surface area contributed by atoms with E-state index in [4.69, 9.17) is 4.74 Å². The molecular weight excluding hydrogens is 246 g/mol. The molecule has 0 fully saturated rings. The number of benzene rings is 2. The molecule has 2 rings (SSSR count). The van der Waals surface area contributed by atoms with Crippen molar-refractivity contribution in [2.45, 2.75) is 32.9 Å². The fraction of sp³-hybridized carbons (Fsp3) is 0.333. The van der Waals surface area contributed by atoms with Crippen LogP contribution in [-0.4, -0.2) is 6.61 Å². The van der Waals surface area contributed by atoms with E-state index in [1.165, 1.54) is 11.1 Å². The summed E-state index contributed by atoms with van der Waals surface area (Å²) >= 11 is 0. The van der Waals surface area contributed by atoms with E-state index in [9.17, 15) is 0 Å². The first-order valence-corrected chi connectivity index (χ1v) is 7.29. The smallest absolute Gasteiger partial charge is 0.119 e. The van der Waals surface area contributed by atoms with E-state index < -0.39 is 0 Å². The molecule has 0 amide bonds. The maximum Gasteiger partial charge on any atom is 0.119 e. The number of nitrogens with one attached hydrogen (secondary N) is 1. The summed E-state index contributed by atoms with van der Waals surface area (Å²) in [6.07, 6.45) is 1.04. The van der Waals surface area contributed by atoms with Gasteiger partial charge < -0.3 is 10.1 Å². The minimum atomic E-state index is 0.354. The van der Waals surface area contributed by atoms with E-state index in [0.29, 0.717) is 6.04 Å². The molecule has 0 unspecified atom stereocenters. The van der Waals surface area contributed by atoms with Gasteiger partial charge in [-0.05, 0) is 36.6 Å². The summed E-state index contributed by atoms with van der Waals surface area (Å²) in [6, 6.07) is 19.2. The van der Waals surface area contributed by atoms with Crippen LogP contribution in [-0.2, 0) is 6.54 Å². The minimum Gasteiger partial charge on any atom is -0.494 e. The van der Waals surface area contributed by atoms with E-state index in [1.807, 2.05) is 18.2 Å². The maximum atomic E-state index is 5.58. The summed E-state index contributed by atoms with van der Waals surface area (Å²) in [7, 11) is 0. The Hall–Kier alpha value is -1.80. The average Bonchev–Trinajstić information content (AvgIpc) is 2.52. The van der Waals surface area contributed by atoms with Crippen LogP contribution in [0.5, 0.6) is 5.75 Å². The predicted octanol–water partition coefficient (Wildman–Crippen LogP) is 4.33. The molecule has 0 bridgehead atoms. The molecule has 2 nitrogen and oxygen atoms in total. The molecule has 106 valence electrons. The van der Waals surface area contributed by atoms with Gasteiger partial charge in [0.05, 0.1) is 6.61 Å². The summed E-state index contributed by atoms with van der Waals surface area (Å²) in [5.41, 5.74) is 2.59. The third-order valence-corrected chi connectivity index (χ3v) is 3.31. The van der Waals surface area contributed by atoms with E-state index in [1.54, 1.807) is 0 Å². The Balaban J connectivity index is 1.84. The van der Waals surface area contributed by atoms with Crippen molar-refractivity contribution in [2.24, 2.45) is 0 Å². The van der Waals surface area contributed by atoms with Gasteiger partial charge >= 0.3 is 0 Å². The van der Waals surface area contributed by atoms with Gasteiger partial charge in [-0.3, -0.25) is 0 Å². The number of rotatable bonds is 7. The molecule has 0 saturated carbocycles. The Morgan fingerprint density at radius 2 is 1.70 bits per heavy atom. The van der Waals surface area contributed by atoms with Crippen molar-refractivity contribution in [3.63, 3.8) is 0 Å². The number of hydrogen-bond donors (Lipinski definition) is 1. The fourth-order valence-electron chi connectivity index (χ4n) is 2.05. The molecule has 0 spiro atoms. The van der Waals surface area contributed by atoms with E-state index >= 15 is 0 Å². The maximum absolute atomic E-state index is 5.58. The highest BCUT2D eigenvalue weighted by atomic mass is 16.5. The van der Waals surface area contributed by atoms with Crippen molar-refractivity contribution < 1.29 is 4.74 Å². The van der Waals surface area contributed by atoms with Gasteiger partial charge in [-0.15, -0.1) is 0 Å². The van der Waals surface area contributed by atoms with Crippen LogP contribution in [0.15, 0.2) is 54.6 Å². The quantitative estimate of drug-likeness (QED) is 0.808. The standard InChI is InChI=1S/C18H23NO/c1-3-13-20-18-11-9-16(10-12-18)14-19-15(2)17-7-5-4-6-8-17/h4-12,15,19H,3,13-14H2,1-2H3/t15-/m0/s1. The topological polar surface area (TPSA) is 21.3 Å². The van der Waals surface area contributed by atoms with E-state index in [0.717, 1.165) is 25.3 Å². The van der Waals surface area contributed by atoms with Gasteiger partial charge in [0.2, 0.25) is 0 Å². The van der Waals surface area contributed by atoms with Crippen LogP contribution >= 0.6 is 0 Å². The Morgan fingerprint density at radius 3 is 2.35 bits per heavy atom. The van der Waals surface area contributed by atoms with Crippen LogP contribution < -0.4 is 10.1 Å². The summed E-state index contributed by atoms with van der Waals surface area (Å²) in [6.45, 7) is 5.95. The number of ether oxygens (including phenoxy) is 1. The van der Waals surface area contributed by atoms with Gasteiger partial charge in [0.15, 0.2) is 0 Å². The molecule has 2 aromatic rings. The molecule has 0 aliphatic heterocycles. The Bertz CT molecular complexity index is 493. The molecule has 0 heterocycles. The van der Waals surface area contributed by atoms with Crippen LogP contribution in [0.25, 0.3) is 0 Å². The second-order valence-electron chi connectivity index (χ2n) is 5.01. The molecule has 0 aliphatic rings. The third-order valence-electron chi connectivity index (χ3n) is 3.31. The SMILES string of the molecule is CCCOc1ccc(CN[C@@H](C)c2ccccc2)cc1. The van der Waals surface area contributed by atoms with Crippen LogP contribution in [0, 0.1) is 0 Å². The normalized spacial score (nSPS) is 12.1. The third kappa shape index (κ3) is 4.39. The first-order chi connectivity index (χ1) is 9.79. The monoisotopic (exact) mass is 269 g/mol. The summed E-state index contributed by atoms with van der Waals surface area (Å²) < 4.78 is 5.58. The van der Waals surface area contributed by atoms with Crippen molar-refractivity contribution in [1.29, 1.82) is 0 Å². The molecule has 0 radical (unpaired) electrons. The lowest BCUT2D eigenvalue weighted by Crippen LogP contribution is -2.17. The highest BCUT2D eigenvalue weighted by Gasteiger charge is 2.03. The fourth-order valence-corrected chi connectivity index (χ4v) is 2.05. The van der Waals surface area contributed by atoms with E-state index in [2.05, 4.69) is 55.6 Å². The Morgan fingerprint density at radius 1 is 1.00 bits per heavy atom. The second kappa shape index (κ2) is 7.71. The number of hydrogen-bond acceptors (Lipinski definition) is 2. The Labute approximate surface area is 121 Å². The predicted molar refractivity (Wildman–Crippen MR) is 83.9 cm³/mol. The zero-order valence-electron chi connectivity index (χ0n) is 12.3. The molecule has 20 heavy (non-hydrogen) atoms. The van der Waals surface area contributed by atoms with E-state index in [-0.39, 0.29) is 0 Å². The van der Waals surface area contributed by atoms with Crippen LogP contribution in [0.2, 0.25) is 0 Å². The second-order valence-corrected chi connectivity index (χ2v) is 5.01. The van der Waals surface area contributed by atoms with Gasteiger partial charge in [0.1, 0.15) is 5.75 Å². The lowest BCUT2D eigenvalue weighted by Gasteiger charge is -2.14. The molecule has 1 N–H and O–H groups in total.